The molecule has 2 rings (SSSR count). The fourth-order valence-corrected chi connectivity index (χ4v) is 1.83. The lowest BCUT2D eigenvalue weighted by atomic mass is 9.99. The van der Waals surface area contributed by atoms with Crippen molar-refractivity contribution in [3.05, 3.63) is 64.7 Å². The molecule has 0 saturated heterocycles. The molecule has 0 aliphatic rings. The zero-order chi connectivity index (χ0) is 16.9. The molecule has 2 N–H and O–H groups in total. The maximum atomic E-state index is 12.5. The summed E-state index contributed by atoms with van der Waals surface area (Å²) in [6, 6.07) is 9.08. The predicted octanol–water partition coefficient (Wildman–Crippen LogP) is 4.85. The summed E-state index contributed by atoms with van der Waals surface area (Å²) in [7, 11) is 0. The fraction of sp³-hybridized carbons (Fsp3) is 0.235. The molecule has 2 nitrogen and oxygen atoms in total. The van der Waals surface area contributed by atoms with Gasteiger partial charge in [0.15, 0.2) is 5.78 Å². The van der Waals surface area contributed by atoms with Gasteiger partial charge in [-0.15, -0.1) is 0 Å². The number of carbonyl (C=O) groups is 1. The van der Waals surface area contributed by atoms with Gasteiger partial charge < -0.3 is 5.73 Å². The molecule has 0 aliphatic heterocycles. The first-order valence-corrected chi connectivity index (χ1v) is 6.87. The van der Waals surface area contributed by atoms with E-state index in [4.69, 9.17) is 5.73 Å². The van der Waals surface area contributed by atoms with Crippen LogP contribution in [0.25, 0.3) is 0 Å². The summed E-state index contributed by atoms with van der Waals surface area (Å²) in [5.74, 6) is -0.389. The van der Waals surface area contributed by atoms with E-state index in [1.165, 1.54) is 0 Å². The second-order valence-corrected chi connectivity index (χ2v) is 4.49. The first-order chi connectivity index (χ1) is 10.3. The maximum Gasteiger partial charge on any atom is 0.416 e. The molecular formula is C17H18F3NO. The van der Waals surface area contributed by atoms with Crippen LogP contribution in [0.15, 0.2) is 42.5 Å². The molecule has 118 valence electrons. The van der Waals surface area contributed by atoms with Crippen molar-refractivity contribution in [1.29, 1.82) is 0 Å². The molecule has 0 amide bonds. The van der Waals surface area contributed by atoms with Crippen molar-refractivity contribution in [3.63, 3.8) is 0 Å². The molecular weight excluding hydrogens is 291 g/mol. The Labute approximate surface area is 127 Å². The number of rotatable bonds is 2. The highest BCUT2D eigenvalue weighted by molar-refractivity contribution is 6.12. The van der Waals surface area contributed by atoms with Crippen LogP contribution in [-0.2, 0) is 6.18 Å². The highest BCUT2D eigenvalue weighted by Crippen LogP contribution is 2.29. The summed E-state index contributed by atoms with van der Waals surface area (Å²) in [6.07, 6.45) is -4.41. The van der Waals surface area contributed by atoms with Crippen LogP contribution >= 0.6 is 0 Å². The van der Waals surface area contributed by atoms with Gasteiger partial charge in [-0.2, -0.15) is 13.2 Å². The van der Waals surface area contributed by atoms with Crippen LogP contribution < -0.4 is 5.73 Å². The molecule has 0 unspecified atom stereocenters. The number of benzene rings is 2. The van der Waals surface area contributed by atoms with Gasteiger partial charge in [-0.3, -0.25) is 4.79 Å². The molecule has 0 aliphatic carbocycles. The molecule has 0 aromatic heterocycles. The Morgan fingerprint density at radius 3 is 2.05 bits per heavy atom. The van der Waals surface area contributed by atoms with Crippen molar-refractivity contribution < 1.29 is 18.0 Å². The smallest absolute Gasteiger partial charge is 0.398 e. The van der Waals surface area contributed by atoms with Crippen molar-refractivity contribution in [3.8, 4) is 0 Å². The molecule has 5 heteroatoms. The quantitative estimate of drug-likeness (QED) is 0.636. The zero-order valence-electron chi connectivity index (χ0n) is 12.7. The van der Waals surface area contributed by atoms with Crippen LogP contribution in [0.5, 0.6) is 0 Å². The van der Waals surface area contributed by atoms with Crippen molar-refractivity contribution in [2.24, 2.45) is 0 Å². The number of alkyl halides is 3. The van der Waals surface area contributed by atoms with E-state index in [9.17, 15) is 18.0 Å². The molecule has 2 aromatic carbocycles. The van der Waals surface area contributed by atoms with Gasteiger partial charge in [0.05, 0.1) is 5.56 Å². The average Bonchev–Trinajstić information content (AvgIpc) is 2.50. The molecule has 0 bridgehead atoms. The third-order valence-corrected chi connectivity index (χ3v) is 2.93. The van der Waals surface area contributed by atoms with Crippen LogP contribution in [0.2, 0.25) is 0 Å². The molecule has 0 atom stereocenters. The van der Waals surface area contributed by atoms with Crippen LogP contribution in [0, 0.1) is 6.92 Å². The fourth-order valence-electron chi connectivity index (χ4n) is 1.83. The summed E-state index contributed by atoms with van der Waals surface area (Å²) in [4.78, 5) is 12.2. The van der Waals surface area contributed by atoms with E-state index in [1.54, 1.807) is 18.2 Å². The van der Waals surface area contributed by atoms with Gasteiger partial charge in [-0.05, 0) is 31.2 Å². The highest BCUT2D eigenvalue weighted by atomic mass is 19.4. The molecule has 0 saturated carbocycles. The largest absolute Gasteiger partial charge is 0.416 e. The van der Waals surface area contributed by atoms with E-state index in [2.05, 4.69) is 0 Å². The van der Waals surface area contributed by atoms with Gasteiger partial charge in [0.1, 0.15) is 0 Å². The van der Waals surface area contributed by atoms with Crippen LogP contribution in [-0.4, -0.2) is 5.78 Å². The number of hydrogen-bond acceptors (Lipinski definition) is 2. The molecule has 2 aromatic rings. The van der Waals surface area contributed by atoms with Gasteiger partial charge in [-0.1, -0.05) is 37.6 Å². The summed E-state index contributed by atoms with van der Waals surface area (Å²) < 4.78 is 37.4. The Balaban J connectivity index is 0.00000116. The second kappa shape index (κ2) is 7.11. The average molecular weight is 309 g/mol. The topological polar surface area (TPSA) is 43.1 Å². The second-order valence-electron chi connectivity index (χ2n) is 4.49. The van der Waals surface area contributed by atoms with E-state index in [0.29, 0.717) is 11.3 Å². The van der Waals surface area contributed by atoms with Crippen LogP contribution in [0.1, 0.15) is 40.9 Å². The van der Waals surface area contributed by atoms with Gasteiger partial charge in [0.2, 0.25) is 0 Å². The SMILES string of the molecule is CC.Cc1ccc(N)c(C(=O)c2ccc(C(F)(F)F)cc2)c1. The summed E-state index contributed by atoms with van der Waals surface area (Å²) in [5.41, 5.74) is 6.57. The Kier molecular flexibility index (Phi) is 5.74. The van der Waals surface area contributed by atoms with Crippen molar-refractivity contribution in [2.45, 2.75) is 26.9 Å². The molecule has 0 radical (unpaired) electrons. The third kappa shape index (κ3) is 4.10. The van der Waals surface area contributed by atoms with Gasteiger partial charge in [0.25, 0.3) is 0 Å². The number of ketones is 1. The number of hydrogen-bond donors (Lipinski definition) is 1. The first-order valence-electron chi connectivity index (χ1n) is 6.87. The standard InChI is InChI=1S/C15H12F3NO.C2H6/c1-9-2-7-13(19)12(8-9)14(20)10-3-5-11(6-4-10)15(16,17)18;1-2/h2-8H,19H2,1H3;1-2H3. The molecule has 22 heavy (non-hydrogen) atoms. The Morgan fingerprint density at radius 2 is 1.55 bits per heavy atom. The number of halogens is 3. The summed E-state index contributed by atoms with van der Waals surface area (Å²) >= 11 is 0. The van der Waals surface area contributed by atoms with Gasteiger partial charge in [-0.25, -0.2) is 0 Å². The number of carbonyl (C=O) groups excluding carboxylic acids is 1. The Bertz CT molecular complexity index is 646. The lowest BCUT2D eigenvalue weighted by Crippen LogP contribution is -2.08. The normalized spacial score (nSPS) is 10.6. The van der Waals surface area contributed by atoms with Gasteiger partial charge in [0, 0.05) is 16.8 Å². The summed E-state index contributed by atoms with van der Waals surface area (Å²) in [5, 5.41) is 0. The molecule has 0 fully saturated rings. The number of anilines is 1. The Hall–Kier alpha value is -2.30. The minimum absolute atomic E-state index is 0.176. The van der Waals surface area contributed by atoms with Crippen LogP contribution in [0.4, 0.5) is 18.9 Å². The predicted molar refractivity (Wildman–Crippen MR) is 81.8 cm³/mol. The van der Waals surface area contributed by atoms with Gasteiger partial charge >= 0.3 is 6.18 Å². The van der Waals surface area contributed by atoms with E-state index in [0.717, 1.165) is 29.8 Å². The maximum absolute atomic E-state index is 12.5. The minimum atomic E-state index is -4.41. The van der Waals surface area contributed by atoms with Crippen molar-refractivity contribution in [2.75, 3.05) is 5.73 Å². The monoisotopic (exact) mass is 309 g/mol. The third-order valence-electron chi connectivity index (χ3n) is 2.93. The first kappa shape index (κ1) is 17.8. The minimum Gasteiger partial charge on any atom is -0.398 e. The number of aryl methyl sites for hydroxylation is 1. The number of nitrogens with two attached hydrogens (primary N) is 1. The Morgan fingerprint density at radius 1 is 1.00 bits per heavy atom. The molecule has 0 spiro atoms. The number of nitrogen functional groups attached to an aromatic ring is 1. The zero-order valence-corrected chi connectivity index (χ0v) is 12.7. The van der Waals surface area contributed by atoms with Crippen molar-refractivity contribution >= 4 is 11.5 Å². The van der Waals surface area contributed by atoms with Crippen LogP contribution in [0.3, 0.4) is 0 Å². The lowest BCUT2D eigenvalue weighted by Gasteiger charge is -2.09. The van der Waals surface area contributed by atoms with E-state index < -0.39 is 11.7 Å². The molecule has 0 heterocycles. The van der Waals surface area contributed by atoms with E-state index >= 15 is 0 Å². The van der Waals surface area contributed by atoms with E-state index in [1.807, 2.05) is 20.8 Å². The highest BCUT2D eigenvalue weighted by Gasteiger charge is 2.30. The van der Waals surface area contributed by atoms with Crippen molar-refractivity contribution in [1.82, 2.24) is 0 Å². The summed E-state index contributed by atoms with van der Waals surface area (Å²) in [6.45, 7) is 5.81. The lowest BCUT2D eigenvalue weighted by molar-refractivity contribution is -0.137. The van der Waals surface area contributed by atoms with E-state index in [-0.39, 0.29) is 11.3 Å².